The van der Waals surface area contributed by atoms with Gasteiger partial charge in [-0.3, -0.25) is 4.79 Å². The van der Waals surface area contributed by atoms with Crippen molar-refractivity contribution in [2.24, 2.45) is 5.73 Å². The second-order valence-corrected chi connectivity index (χ2v) is 5.71. The molecule has 0 saturated carbocycles. The summed E-state index contributed by atoms with van der Waals surface area (Å²) in [6.07, 6.45) is 1.72. The van der Waals surface area contributed by atoms with Crippen molar-refractivity contribution in [1.29, 1.82) is 0 Å². The van der Waals surface area contributed by atoms with Crippen molar-refractivity contribution < 1.29 is 9.53 Å². The lowest BCUT2D eigenvalue weighted by molar-refractivity contribution is -0.140. The number of hydrogen-bond donors (Lipinski definition) is 1. The molecule has 1 saturated heterocycles. The first-order valence-corrected chi connectivity index (χ1v) is 7.32. The predicted molar refractivity (Wildman–Crippen MR) is 79.5 cm³/mol. The minimum atomic E-state index is 0.0245. The molecule has 0 bridgehead atoms. The number of benzene rings is 1. The Kier molecular flexibility index (Phi) is 5.40. The second kappa shape index (κ2) is 7.07. The van der Waals surface area contributed by atoms with Crippen LogP contribution in [0.3, 0.4) is 0 Å². The monoisotopic (exact) mass is 296 g/mol. The normalized spacial score (nSPS) is 22.9. The molecule has 5 heteroatoms. The zero-order chi connectivity index (χ0) is 14.5. The molecule has 0 unspecified atom stereocenters. The fourth-order valence-electron chi connectivity index (χ4n) is 2.53. The number of likely N-dealkylation sites (tertiary alicyclic amines) is 1. The van der Waals surface area contributed by atoms with Gasteiger partial charge in [-0.25, -0.2) is 0 Å². The lowest BCUT2D eigenvalue weighted by Crippen LogP contribution is -2.49. The van der Waals surface area contributed by atoms with Gasteiger partial charge in [0.2, 0.25) is 5.91 Å². The molecule has 1 aliphatic rings. The fourth-order valence-corrected chi connectivity index (χ4v) is 2.72. The summed E-state index contributed by atoms with van der Waals surface area (Å²) >= 11 is 6.04. The average Bonchev–Trinajstić information content (AvgIpc) is 2.40. The van der Waals surface area contributed by atoms with Crippen molar-refractivity contribution in [2.45, 2.75) is 38.5 Å². The van der Waals surface area contributed by atoms with Crippen LogP contribution < -0.4 is 5.73 Å². The van der Waals surface area contributed by atoms with Crippen LogP contribution in [0.1, 0.15) is 25.3 Å². The molecule has 2 atom stereocenters. The number of halogens is 1. The highest BCUT2D eigenvalue weighted by molar-refractivity contribution is 6.31. The standard InChI is InChI=1S/C15H21ClN2O2/c1-11-8-13(17)6-7-18(11)15(19)10-20-9-12-4-2-3-5-14(12)16/h2-5,11,13H,6-10,17H2,1H3/t11-,13+/m0/s1. The molecule has 4 nitrogen and oxygen atoms in total. The van der Waals surface area contributed by atoms with Crippen LogP contribution in [0.4, 0.5) is 0 Å². The van der Waals surface area contributed by atoms with E-state index in [1.54, 1.807) is 0 Å². The first-order chi connectivity index (χ1) is 9.58. The van der Waals surface area contributed by atoms with Crippen molar-refractivity contribution >= 4 is 17.5 Å². The fraction of sp³-hybridized carbons (Fsp3) is 0.533. The molecule has 1 aliphatic heterocycles. The molecule has 1 amide bonds. The number of ether oxygens (including phenoxy) is 1. The molecule has 20 heavy (non-hydrogen) atoms. The topological polar surface area (TPSA) is 55.6 Å². The number of nitrogens with two attached hydrogens (primary N) is 1. The Morgan fingerprint density at radius 3 is 2.95 bits per heavy atom. The van der Waals surface area contributed by atoms with Crippen LogP contribution in [-0.4, -0.2) is 36.0 Å². The second-order valence-electron chi connectivity index (χ2n) is 5.30. The molecule has 110 valence electrons. The van der Waals surface area contributed by atoms with E-state index in [4.69, 9.17) is 22.1 Å². The van der Waals surface area contributed by atoms with Gasteiger partial charge in [-0.15, -0.1) is 0 Å². The van der Waals surface area contributed by atoms with Gasteiger partial charge < -0.3 is 15.4 Å². The summed E-state index contributed by atoms with van der Waals surface area (Å²) in [6.45, 7) is 3.19. The van der Waals surface area contributed by atoms with E-state index in [1.807, 2.05) is 36.1 Å². The van der Waals surface area contributed by atoms with Crippen LogP contribution in [0.5, 0.6) is 0 Å². The maximum Gasteiger partial charge on any atom is 0.248 e. The molecular weight excluding hydrogens is 276 g/mol. The number of rotatable bonds is 4. The number of nitrogens with zero attached hydrogens (tertiary/aromatic N) is 1. The summed E-state index contributed by atoms with van der Waals surface area (Å²) in [5.41, 5.74) is 6.80. The minimum absolute atomic E-state index is 0.0245. The SMILES string of the molecule is C[C@H]1C[C@H](N)CCN1C(=O)COCc1ccccc1Cl. The summed E-state index contributed by atoms with van der Waals surface area (Å²) in [5.74, 6) is 0.0245. The zero-order valence-electron chi connectivity index (χ0n) is 11.7. The molecule has 0 aromatic heterocycles. The van der Waals surface area contributed by atoms with Crippen LogP contribution in [0.15, 0.2) is 24.3 Å². The zero-order valence-corrected chi connectivity index (χ0v) is 12.5. The van der Waals surface area contributed by atoms with Gasteiger partial charge in [0.25, 0.3) is 0 Å². The van der Waals surface area contributed by atoms with Crippen molar-refractivity contribution in [3.8, 4) is 0 Å². The van der Waals surface area contributed by atoms with E-state index in [1.165, 1.54) is 0 Å². The number of carbonyl (C=O) groups is 1. The Morgan fingerprint density at radius 1 is 1.50 bits per heavy atom. The van der Waals surface area contributed by atoms with E-state index in [2.05, 4.69) is 0 Å². The van der Waals surface area contributed by atoms with E-state index in [0.717, 1.165) is 24.9 Å². The molecule has 2 rings (SSSR count). The van der Waals surface area contributed by atoms with Gasteiger partial charge in [0.05, 0.1) is 6.61 Å². The van der Waals surface area contributed by atoms with Crippen LogP contribution in [0, 0.1) is 0 Å². The third kappa shape index (κ3) is 3.95. The van der Waals surface area contributed by atoms with E-state index >= 15 is 0 Å². The molecule has 1 fully saturated rings. The highest BCUT2D eigenvalue weighted by Crippen LogP contribution is 2.17. The molecule has 1 aromatic rings. The van der Waals surface area contributed by atoms with Gasteiger partial charge in [0.15, 0.2) is 0 Å². The summed E-state index contributed by atoms with van der Waals surface area (Å²) in [6, 6.07) is 7.88. The van der Waals surface area contributed by atoms with Crippen molar-refractivity contribution in [3.05, 3.63) is 34.9 Å². The highest BCUT2D eigenvalue weighted by Gasteiger charge is 2.26. The Balaban J connectivity index is 1.79. The van der Waals surface area contributed by atoms with E-state index in [9.17, 15) is 4.79 Å². The van der Waals surface area contributed by atoms with Crippen LogP contribution >= 0.6 is 11.6 Å². The van der Waals surface area contributed by atoms with Gasteiger partial charge in [-0.2, -0.15) is 0 Å². The summed E-state index contributed by atoms with van der Waals surface area (Å²) < 4.78 is 5.48. The van der Waals surface area contributed by atoms with Crippen molar-refractivity contribution in [2.75, 3.05) is 13.2 Å². The quantitative estimate of drug-likeness (QED) is 0.927. The Labute approximate surface area is 124 Å². The molecule has 2 N–H and O–H groups in total. The van der Waals surface area contributed by atoms with E-state index in [-0.39, 0.29) is 24.6 Å². The Morgan fingerprint density at radius 2 is 2.25 bits per heavy atom. The average molecular weight is 297 g/mol. The molecule has 1 aromatic carbocycles. The number of carbonyl (C=O) groups excluding carboxylic acids is 1. The lowest BCUT2D eigenvalue weighted by Gasteiger charge is -2.36. The molecule has 0 aliphatic carbocycles. The molecular formula is C15H21ClN2O2. The van der Waals surface area contributed by atoms with Gasteiger partial charge in [-0.05, 0) is 31.4 Å². The maximum absolute atomic E-state index is 12.1. The molecule has 0 radical (unpaired) electrons. The third-order valence-electron chi connectivity index (χ3n) is 3.68. The largest absolute Gasteiger partial charge is 0.367 e. The summed E-state index contributed by atoms with van der Waals surface area (Å²) in [5, 5.41) is 0.664. The third-order valence-corrected chi connectivity index (χ3v) is 4.05. The van der Waals surface area contributed by atoms with Crippen molar-refractivity contribution in [3.63, 3.8) is 0 Å². The summed E-state index contributed by atoms with van der Waals surface area (Å²) in [7, 11) is 0. The van der Waals surface area contributed by atoms with Gasteiger partial charge >= 0.3 is 0 Å². The smallest absolute Gasteiger partial charge is 0.248 e. The minimum Gasteiger partial charge on any atom is -0.367 e. The number of hydrogen-bond acceptors (Lipinski definition) is 3. The first kappa shape index (κ1) is 15.3. The van der Waals surface area contributed by atoms with Gasteiger partial charge in [-0.1, -0.05) is 29.8 Å². The van der Waals surface area contributed by atoms with Crippen LogP contribution in [-0.2, 0) is 16.1 Å². The first-order valence-electron chi connectivity index (χ1n) is 6.94. The lowest BCUT2D eigenvalue weighted by atomic mass is 9.99. The molecule has 0 spiro atoms. The molecule has 1 heterocycles. The summed E-state index contributed by atoms with van der Waals surface area (Å²) in [4.78, 5) is 14.0. The van der Waals surface area contributed by atoms with Gasteiger partial charge in [0, 0.05) is 23.7 Å². The Bertz CT molecular complexity index is 467. The predicted octanol–water partition coefficient (Wildman–Crippen LogP) is 2.19. The van der Waals surface area contributed by atoms with E-state index in [0.29, 0.717) is 11.6 Å². The van der Waals surface area contributed by atoms with Crippen LogP contribution in [0.25, 0.3) is 0 Å². The number of amides is 1. The number of piperidine rings is 1. The van der Waals surface area contributed by atoms with Crippen LogP contribution in [0.2, 0.25) is 5.02 Å². The van der Waals surface area contributed by atoms with Crippen molar-refractivity contribution in [1.82, 2.24) is 4.90 Å². The maximum atomic E-state index is 12.1. The highest BCUT2D eigenvalue weighted by atomic mass is 35.5. The van der Waals surface area contributed by atoms with Gasteiger partial charge in [0.1, 0.15) is 6.61 Å². The Hall–Kier alpha value is -1.10. The van der Waals surface area contributed by atoms with E-state index < -0.39 is 0 Å².